The number of aryl methyl sites for hydroxylation is 1. The Labute approximate surface area is 174 Å². The van der Waals surface area contributed by atoms with Gasteiger partial charge in [0.1, 0.15) is 6.10 Å². The number of hydrogen-bond acceptors (Lipinski definition) is 5. The maximum absolute atomic E-state index is 12.8. The topological polar surface area (TPSA) is 93.1 Å². The summed E-state index contributed by atoms with van der Waals surface area (Å²) in [5, 5.41) is 6.68. The van der Waals surface area contributed by atoms with E-state index in [1.54, 1.807) is 6.20 Å². The Bertz CT molecular complexity index is 1050. The number of carbonyl (C=O) groups is 2. The van der Waals surface area contributed by atoms with E-state index in [0.29, 0.717) is 51.7 Å². The molecule has 0 saturated carbocycles. The summed E-state index contributed by atoms with van der Waals surface area (Å²) in [5.41, 5.74) is 2.57. The van der Waals surface area contributed by atoms with Gasteiger partial charge in [0, 0.05) is 32.1 Å². The van der Waals surface area contributed by atoms with E-state index in [2.05, 4.69) is 19.7 Å². The molecule has 1 aromatic carbocycles. The van der Waals surface area contributed by atoms with Crippen LogP contribution in [-0.2, 0) is 27.3 Å². The number of cyclic esters (lactones) is 1. The number of hydrogen-bond donors (Lipinski definition) is 1. The Hall–Kier alpha value is -3.16. The van der Waals surface area contributed by atoms with Crippen LogP contribution in [0, 0.1) is 5.41 Å². The third-order valence-corrected chi connectivity index (χ3v) is 6.51. The molecule has 1 N–H and O–H groups in total. The SMILES string of the molecule is O=C(CCc1cn[nH]c1)N1CCC2(CC1)CC(Cn1cnc3ccccc31)OC2=O. The number of esters is 1. The van der Waals surface area contributed by atoms with E-state index in [1.807, 2.05) is 41.7 Å². The number of carbonyl (C=O) groups excluding carboxylic acids is 2. The normalized spacial score (nSPS) is 20.7. The molecule has 2 aliphatic heterocycles. The Morgan fingerprint density at radius 2 is 2.10 bits per heavy atom. The van der Waals surface area contributed by atoms with E-state index < -0.39 is 5.41 Å². The van der Waals surface area contributed by atoms with Gasteiger partial charge in [0.2, 0.25) is 5.91 Å². The standard InChI is InChI=1S/C22H25N5O3/c28-20(6-5-16-12-24-25-13-16)26-9-7-22(8-10-26)11-17(30-21(22)29)14-27-15-23-18-3-1-2-4-19(18)27/h1-4,12-13,15,17H,5-11,14H2,(H,24,25). The van der Waals surface area contributed by atoms with E-state index >= 15 is 0 Å². The van der Waals surface area contributed by atoms with Crippen LogP contribution in [0.1, 0.15) is 31.2 Å². The van der Waals surface area contributed by atoms with Crippen molar-refractivity contribution in [1.29, 1.82) is 0 Å². The summed E-state index contributed by atoms with van der Waals surface area (Å²) in [6.07, 6.45) is 8.41. The van der Waals surface area contributed by atoms with Crippen LogP contribution in [0.2, 0.25) is 0 Å². The zero-order chi connectivity index (χ0) is 20.6. The van der Waals surface area contributed by atoms with Gasteiger partial charge in [-0.3, -0.25) is 14.7 Å². The second kappa shape index (κ2) is 7.59. The van der Waals surface area contributed by atoms with Crippen LogP contribution in [-0.4, -0.2) is 55.7 Å². The number of imidazole rings is 1. The molecule has 2 aliphatic rings. The monoisotopic (exact) mass is 407 g/mol. The minimum Gasteiger partial charge on any atom is -0.460 e. The minimum absolute atomic E-state index is 0.109. The molecule has 156 valence electrons. The van der Waals surface area contributed by atoms with Crippen LogP contribution in [0.15, 0.2) is 43.0 Å². The lowest BCUT2D eigenvalue weighted by Crippen LogP contribution is -2.45. The van der Waals surface area contributed by atoms with E-state index in [9.17, 15) is 9.59 Å². The van der Waals surface area contributed by atoms with E-state index in [1.165, 1.54) is 0 Å². The van der Waals surface area contributed by atoms with Crippen LogP contribution in [0.5, 0.6) is 0 Å². The van der Waals surface area contributed by atoms with Crippen molar-refractivity contribution < 1.29 is 14.3 Å². The Morgan fingerprint density at radius 1 is 1.27 bits per heavy atom. The Morgan fingerprint density at radius 3 is 2.90 bits per heavy atom. The predicted molar refractivity (Wildman–Crippen MR) is 109 cm³/mol. The number of H-pyrrole nitrogens is 1. The summed E-state index contributed by atoms with van der Waals surface area (Å²) in [6.45, 7) is 1.83. The molecule has 1 amide bonds. The molecule has 0 radical (unpaired) electrons. The Balaban J connectivity index is 1.18. The zero-order valence-electron chi connectivity index (χ0n) is 16.8. The van der Waals surface area contributed by atoms with Gasteiger partial charge in [-0.2, -0.15) is 5.10 Å². The molecule has 4 heterocycles. The number of fused-ring (bicyclic) bond motifs is 1. The largest absolute Gasteiger partial charge is 0.460 e. The van der Waals surface area contributed by atoms with Crippen molar-refractivity contribution in [3.8, 4) is 0 Å². The summed E-state index contributed by atoms with van der Waals surface area (Å²) in [7, 11) is 0. The number of nitrogens with zero attached hydrogens (tertiary/aromatic N) is 4. The van der Waals surface area contributed by atoms with Gasteiger partial charge in [0.25, 0.3) is 0 Å². The van der Waals surface area contributed by atoms with Crippen LogP contribution < -0.4 is 0 Å². The number of ether oxygens (including phenoxy) is 1. The number of rotatable bonds is 5. The molecular formula is C22H25N5O3. The van der Waals surface area contributed by atoms with E-state index in [-0.39, 0.29) is 18.0 Å². The molecule has 30 heavy (non-hydrogen) atoms. The highest BCUT2D eigenvalue weighted by molar-refractivity contribution is 5.81. The van der Waals surface area contributed by atoms with Gasteiger partial charge in [-0.25, -0.2) is 4.98 Å². The number of para-hydroxylation sites is 2. The Kier molecular flexibility index (Phi) is 4.77. The van der Waals surface area contributed by atoms with Gasteiger partial charge in [0.05, 0.1) is 35.5 Å². The lowest BCUT2D eigenvalue weighted by atomic mass is 9.76. The molecule has 2 saturated heterocycles. The maximum Gasteiger partial charge on any atom is 0.312 e. The number of likely N-dealkylation sites (tertiary alicyclic amines) is 1. The van der Waals surface area contributed by atoms with Crippen LogP contribution >= 0.6 is 0 Å². The van der Waals surface area contributed by atoms with Crippen molar-refractivity contribution >= 4 is 22.9 Å². The smallest absolute Gasteiger partial charge is 0.312 e. The van der Waals surface area contributed by atoms with Gasteiger partial charge in [0.15, 0.2) is 0 Å². The van der Waals surface area contributed by atoms with Gasteiger partial charge >= 0.3 is 5.97 Å². The average molecular weight is 407 g/mol. The molecule has 1 atom stereocenters. The third-order valence-electron chi connectivity index (χ3n) is 6.51. The summed E-state index contributed by atoms with van der Waals surface area (Å²) >= 11 is 0. The van der Waals surface area contributed by atoms with Crippen LogP contribution in [0.25, 0.3) is 11.0 Å². The van der Waals surface area contributed by atoms with E-state index in [4.69, 9.17) is 4.74 Å². The van der Waals surface area contributed by atoms with Crippen molar-refractivity contribution in [2.24, 2.45) is 5.41 Å². The van der Waals surface area contributed by atoms with Gasteiger partial charge in [-0.1, -0.05) is 12.1 Å². The first-order chi connectivity index (χ1) is 14.6. The summed E-state index contributed by atoms with van der Waals surface area (Å²) in [5.74, 6) is 0.0290. The van der Waals surface area contributed by atoms with Crippen LogP contribution in [0.3, 0.4) is 0 Å². The quantitative estimate of drug-likeness (QED) is 0.655. The molecule has 0 bridgehead atoms. The third kappa shape index (κ3) is 3.46. The number of amides is 1. The van der Waals surface area contributed by atoms with Crippen molar-refractivity contribution in [3.05, 3.63) is 48.5 Å². The average Bonchev–Trinajstić information content (AvgIpc) is 3.48. The number of aromatic nitrogens is 4. The van der Waals surface area contributed by atoms with Crippen molar-refractivity contribution in [2.75, 3.05) is 13.1 Å². The first-order valence-corrected chi connectivity index (χ1v) is 10.5. The maximum atomic E-state index is 12.8. The van der Waals surface area contributed by atoms with Gasteiger partial charge in [-0.05, 0) is 37.0 Å². The van der Waals surface area contributed by atoms with Crippen molar-refractivity contribution in [1.82, 2.24) is 24.6 Å². The number of aromatic amines is 1. The molecular weight excluding hydrogens is 382 g/mol. The fraction of sp³-hybridized carbons (Fsp3) is 0.455. The molecule has 2 fully saturated rings. The fourth-order valence-corrected chi connectivity index (χ4v) is 4.73. The second-order valence-electron chi connectivity index (χ2n) is 8.38. The molecule has 1 unspecified atom stereocenters. The molecule has 8 heteroatoms. The molecule has 3 aromatic rings. The van der Waals surface area contributed by atoms with Crippen molar-refractivity contribution in [2.45, 2.75) is 44.8 Å². The molecule has 1 spiro atoms. The number of piperidine rings is 1. The first kappa shape index (κ1) is 18.8. The lowest BCUT2D eigenvalue weighted by molar-refractivity contribution is -0.152. The lowest BCUT2D eigenvalue weighted by Gasteiger charge is -2.36. The first-order valence-electron chi connectivity index (χ1n) is 10.5. The molecule has 0 aliphatic carbocycles. The second-order valence-corrected chi connectivity index (χ2v) is 8.38. The summed E-state index contributed by atoms with van der Waals surface area (Å²) in [6, 6.07) is 7.96. The molecule has 2 aromatic heterocycles. The summed E-state index contributed by atoms with van der Waals surface area (Å²) < 4.78 is 7.82. The predicted octanol–water partition coefficient (Wildman–Crippen LogP) is 2.32. The van der Waals surface area contributed by atoms with Gasteiger partial charge in [-0.15, -0.1) is 0 Å². The highest BCUT2D eigenvalue weighted by atomic mass is 16.6. The number of benzene rings is 1. The number of nitrogens with one attached hydrogen (secondary N) is 1. The molecule has 5 rings (SSSR count). The van der Waals surface area contributed by atoms with E-state index in [0.717, 1.165) is 16.6 Å². The minimum atomic E-state index is -0.456. The fourth-order valence-electron chi connectivity index (χ4n) is 4.73. The zero-order valence-corrected chi connectivity index (χ0v) is 16.8. The highest BCUT2D eigenvalue weighted by Crippen LogP contribution is 2.43. The van der Waals surface area contributed by atoms with Gasteiger partial charge < -0.3 is 14.2 Å². The summed E-state index contributed by atoms with van der Waals surface area (Å²) in [4.78, 5) is 31.6. The van der Waals surface area contributed by atoms with Crippen molar-refractivity contribution in [3.63, 3.8) is 0 Å². The highest BCUT2D eigenvalue weighted by Gasteiger charge is 2.50. The molecule has 8 nitrogen and oxygen atoms in total. The van der Waals surface area contributed by atoms with Crippen LogP contribution in [0.4, 0.5) is 0 Å².